The Morgan fingerprint density at radius 3 is 2.70 bits per heavy atom. The monoisotopic (exact) mass is 279 g/mol. The zero-order valence-corrected chi connectivity index (χ0v) is 11.2. The second-order valence-electron chi connectivity index (χ2n) is 4.60. The van der Waals surface area contributed by atoms with Gasteiger partial charge in [0.05, 0.1) is 21.6 Å². The van der Waals surface area contributed by atoms with E-state index < -0.39 is 0 Å². The van der Waals surface area contributed by atoms with Gasteiger partial charge in [-0.25, -0.2) is 4.98 Å². The maximum atomic E-state index is 6.50. The third-order valence-electron chi connectivity index (χ3n) is 3.36. The van der Waals surface area contributed by atoms with E-state index >= 15 is 0 Å². The van der Waals surface area contributed by atoms with Gasteiger partial charge in [-0.1, -0.05) is 23.7 Å². The van der Waals surface area contributed by atoms with Crippen LogP contribution in [0.5, 0.6) is 0 Å². The highest BCUT2D eigenvalue weighted by Crippen LogP contribution is 2.32. The summed E-state index contributed by atoms with van der Waals surface area (Å²) in [5, 5.41) is 1.61. The molecule has 0 spiro atoms. The van der Waals surface area contributed by atoms with E-state index in [1.165, 1.54) is 0 Å². The summed E-state index contributed by atoms with van der Waals surface area (Å²) in [4.78, 5) is 12.2. The normalized spacial score (nSPS) is 11.2. The number of nitrogens with zero attached hydrogens (tertiary/aromatic N) is 2. The van der Waals surface area contributed by atoms with E-state index in [9.17, 15) is 0 Å². The Kier molecular flexibility index (Phi) is 2.47. The van der Waals surface area contributed by atoms with Gasteiger partial charge in [-0.15, -0.1) is 0 Å². The molecule has 0 unspecified atom stereocenters. The van der Waals surface area contributed by atoms with Gasteiger partial charge in [0.15, 0.2) is 0 Å². The van der Waals surface area contributed by atoms with Crippen molar-refractivity contribution < 1.29 is 0 Å². The molecule has 0 aliphatic heterocycles. The lowest BCUT2D eigenvalue weighted by Gasteiger charge is -2.04. The van der Waals surface area contributed by atoms with Gasteiger partial charge in [0.1, 0.15) is 5.82 Å². The molecule has 4 heteroatoms. The van der Waals surface area contributed by atoms with E-state index in [1.807, 2.05) is 48.5 Å². The first-order valence-corrected chi connectivity index (χ1v) is 6.69. The third kappa shape index (κ3) is 1.67. The summed E-state index contributed by atoms with van der Waals surface area (Å²) >= 11 is 6.50. The molecule has 0 saturated heterocycles. The smallest absolute Gasteiger partial charge is 0.140 e. The van der Waals surface area contributed by atoms with Crippen molar-refractivity contribution in [2.24, 2.45) is 0 Å². The Hall–Kier alpha value is -2.39. The van der Waals surface area contributed by atoms with Crippen LogP contribution in [0.1, 0.15) is 0 Å². The number of nitrogens with one attached hydrogen (secondary N) is 1. The molecule has 0 amide bonds. The number of pyridine rings is 1. The molecular weight excluding hydrogens is 270 g/mol. The predicted molar refractivity (Wildman–Crippen MR) is 81.8 cm³/mol. The quantitative estimate of drug-likeness (QED) is 0.560. The number of hydrogen-bond donors (Lipinski definition) is 1. The van der Waals surface area contributed by atoms with Crippen molar-refractivity contribution in [3.05, 3.63) is 59.8 Å². The fourth-order valence-electron chi connectivity index (χ4n) is 2.38. The minimum absolute atomic E-state index is 0.676. The van der Waals surface area contributed by atoms with Crippen molar-refractivity contribution in [2.75, 3.05) is 0 Å². The molecule has 4 aromatic rings. The molecule has 2 aromatic carbocycles. The molecule has 0 aliphatic carbocycles. The van der Waals surface area contributed by atoms with E-state index in [-0.39, 0.29) is 0 Å². The van der Waals surface area contributed by atoms with Gasteiger partial charge in [0, 0.05) is 17.1 Å². The minimum atomic E-state index is 0.676. The van der Waals surface area contributed by atoms with Crippen LogP contribution in [0.3, 0.4) is 0 Å². The van der Waals surface area contributed by atoms with Crippen LogP contribution in [-0.2, 0) is 0 Å². The fraction of sp³-hybridized carbons (Fsp3) is 0. The highest BCUT2D eigenvalue weighted by Gasteiger charge is 2.11. The molecular formula is C16H10ClN3. The minimum Gasteiger partial charge on any atom is -0.338 e. The van der Waals surface area contributed by atoms with E-state index in [0.29, 0.717) is 5.02 Å². The number of rotatable bonds is 1. The standard InChI is InChI=1S/C16H10ClN3/c17-15-10-4-3-9-18-12(10)8-7-11(15)16-19-13-5-1-2-6-14(13)20-16/h1-9H,(H,19,20). The number of benzene rings is 2. The topological polar surface area (TPSA) is 41.6 Å². The van der Waals surface area contributed by atoms with Crippen molar-refractivity contribution in [2.45, 2.75) is 0 Å². The van der Waals surface area contributed by atoms with Crippen LogP contribution in [0.2, 0.25) is 5.02 Å². The lowest BCUT2D eigenvalue weighted by molar-refractivity contribution is 1.33. The number of imidazole rings is 1. The van der Waals surface area contributed by atoms with E-state index in [0.717, 1.165) is 33.3 Å². The Morgan fingerprint density at radius 1 is 0.900 bits per heavy atom. The van der Waals surface area contributed by atoms with Crippen LogP contribution < -0.4 is 0 Å². The van der Waals surface area contributed by atoms with Gasteiger partial charge in [-0.3, -0.25) is 4.98 Å². The second kappa shape index (κ2) is 4.32. The Balaban J connectivity index is 1.99. The van der Waals surface area contributed by atoms with Gasteiger partial charge in [-0.2, -0.15) is 0 Å². The largest absolute Gasteiger partial charge is 0.338 e. The number of aromatic amines is 1. The molecule has 0 aliphatic rings. The first-order valence-electron chi connectivity index (χ1n) is 6.31. The molecule has 0 fully saturated rings. The summed E-state index contributed by atoms with van der Waals surface area (Å²) in [5.41, 5.74) is 3.72. The Labute approximate surface area is 120 Å². The summed E-state index contributed by atoms with van der Waals surface area (Å²) in [7, 11) is 0. The zero-order valence-electron chi connectivity index (χ0n) is 10.5. The van der Waals surface area contributed by atoms with Gasteiger partial charge in [-0.05, 0) is 36.4 Å². The van der Waals surface area contributed by atoms with E-state index in [2.05, 4.69) is 15.0 Å². The molecule has 96 valence electrons. The van der Waals surface area contributed by atoms with Crippen LogP contribution in [0.4, 0.5) is 0 Å². The maximum Gasteiger partial charge on any atom is 0.140 e. The van der Waals surface area contributed by atoms with Gasteiger partial charge in [0.2, 0.25) is 0 Å². The lowest BCUT2D eigenvalue weighted by atomic mass is 10.1. The van der Waals surface area contributed by atoms with E-state index in [4.69, 9.17) is 11.6 Å². The zero-order chi connectivity index (χ0) is 13.5. The van der Waals surface area contributed by atoms with E-state index in [1.54, 1.807) is 6.20 Å². The van der Waals surface area contributed by atoms with Gasteiger partial charge in [0.25, 0.3) is 0 Å². The molecule has 0 radical (unpaired) electrons. The average Bonchev–Trinajstić information content (AvgIpc) is 2.91. The van der Waals surface area contributed by atoms with Crippen LogP contribution in [0.15, 0.2) is 54.7 Å². The maximum absolute atomic E-state index is 6.50. The van der Waals surface area contributed by atoms with Gasteiger partial charge < -0.3 is 4.98 Å². The summed E-state index contributed by atoms with van der Waals surface area (Å²) in [6, 6.07) is 15.7. The molecule has 2 heterocycles. The SMILES string of the molecule is Clc1c(-c2nc3ccccc3[nH]2)ccc2ncccc12. The van der Waals surface area contributed by atoms with Crippen molar-refractivity contribution >= 4 is 33.5 Å². The van der Waals surface area contributed by atoms with Gasteiger partial charge >= 0.3 is 0 Å². The molecule has 1 N–H and O–H groups in total. The van der Waals surface area contributed by atoms with Crippen molar-refractivity contribution in [1.82, 2.24) is 15.0 Å². The molecule has 4 rings (SSSR count). The molecule has 3 nitrogen and oxygen atoms in total. The fourth-order valence-corrected chi connectivity index (χ4v) is 2.69. The lowest BCUT2D eigenvalue weighted by Crippen LogP contribution is -1.85. The number of hydrogen-bond acceptors (Lipinski definition) is 2. The van der Waals surface area contributed by atoms with Crippen molar-refractivity contribution in [1.29, 1.82) is 0 Å². The summed E-state index contributed by atoms with van der Waals surface area (Å²) in [6.45, 7) is 0. The Morgan fingerprint density at radius 2 is 1.80 bits per heavy atom. The first-order chi connectivity index (χ1) is 9.83. The summed E-state index contributed by atoms with van der Waals surface area (Å²) in [5.74, 6) is 0.780. The second-order valence-corrected chi connectivity index (χ2v) is 4.98. The van der Waals surface area contributed by atoms with Crippen molar-refractivity contribution in [3.63, 3.8) is 0 Å². The average molecular weight is 280 g/mol. The third-order valence-corrected chi connectivity index (χ3v) is 3.77. The highest BCUT2D eigenvalue weighted by atomic mass is 35.5. The summed E-state index contributed by atoms with van der Waals surface area (Å²) in [6.07, 6.45) is 1.76. The highest BCUT2D eigenvalue weighted by molar-refractivity contribution is 6.38. The predicted octanol–water partition coefficient (Wildman–Crippen LogP) is 4.43. The van der Waals surface area contributed by atoms with Crippen LogP contribution in [0.25, 0.3) is 33.3 Å². The molecule has 0 saturated carbocycles. The molecule has 0 bridgehead atoms. The Bertz CT molecular complexity index is 894. The van der Waals surface area contributed by atoms with Crippen LogP contribution in [0, 0.1) is 0 Å². The van der Waals surface area contributed by atoms with Crippen LogP contribution >= 0.6 is 11.6 Å². The number of aromatic nitrogens is 3. The number of H-pyrrole nitrogens is 1. The molecule has 0 atom stereocenters. The van der Waals surface area contributed by atoms with Crippen molar-refractivity contribution in [3.8, 4) is 11.4 Å². The number of para-hydroxylation sites is 2. The molecule has 20 heavy (non-hydrogen) atoms. The first kappa shape index (κ1) is 11.4. The number of fused-ring (bicyclic) bond motifs is 2. The number of halogens is 1. The molecule has 2 aromatic heterocycles. The van der Waals surface area contributed by atoms with Crippen LogP contribution in [-0.4, -0.2) is 15.0 Å². The summed E-state index contributed by atoms with van der Waals surface area (Å²) < 4.78 is 0.